The van der Waals surface area contributed by atoms with Crippen LogP contribution < -0.4 is 0 Å². The third kappa shape index (κ3) is 5.30. The van der Waals surface area contributed by atoms with E-state index in [2.05, 4.69) is 29.3 Å². The highest BCUT2D eigenvalue weighted by Crippen LogP contribution is 2.11. The maximum Gasteiger partial charge on any atom is 0.0718 e. The van der Waals surface area contributed by atoms with Gasteiger partial charge in [-0.2, -0.15) is 0 Å². The largest absolute Gasteiger partial charge is 0.389 e. The number of thiophene rings is 1. The molecule has 1 aromatic heterocycles. The molecule has 1 aromatic rings. The fourth-order valence-corrected chi connectivity index (χ4v) is 2.32. The molecular weight excluding hydrogens is 206 g/mol. The Labute approximate surface area is 96.5 Å². The topological polar surface area (TPSA) is 23.5 Å². The van der Waals surface area contributed by atoms with Gasteiger partial charge in [-0.3, -0.25) is 0 Å². The Balaban J connectivity index is 2.34. The van der Waals surface area contributed by atoms with Crippen molar-refractivity contribution in [2.75, 3.05) is 19.6 Å². The highest BCUT2D eigenvalue weighted by molar-refractivity contribution is 7.09. The van der Waals surface area contributed by atoms with Gasteiger partial charge in [0.15, 0.2) is 0 Å². The van der Waals surface area contributed by atoms with Crippen LogP contribution in [0.3, 0.4) is 0 Å². The molecule has 15 heavy (non-hydrogen) atoms. The molecule has 0 atom stereocenters. The van der Waals surface area contributed by atoms with Crippen molar-refractivity contribution >= 4 is 11.3 Å². The molecule has 1 N–H and O–H groups in total. The molecule has 0 unspecified atom stereocenters. The predicted octanol–water partition coefficient (Wildman–Crippen LogP) is 2.38. The average molecular weight is 227 g/mol. The molecule has 1 heterocycles. The molecule has 1 rings (SSSR count). The van der Waals surface area contributed by atoms with E-state index in [1.807, 2.05) is 13.8 Å². The summed E-state index contributed by atoms with van der Waals surface area (Å²) in [4.78, 5) is 3.71. The van der Waals surface area contributed by atoms with Crippen LogP contribution in [0, 0.1) is 0 Å². The number of hydrogen-bond acceptors (Lipinski definition) is 3. The first kappa shape index (κ1) is 12.7. The van der Waals surface area contributed by atoms with Crippen molar-refractivity contribution < 1.29 is 5.11 Å². The fraction of sp³-hybridized carbons (Fsp3) is 0.667. The molecule has 0 aliphatic heterocycles. The minimum atomic E-state index is -0.592. The standard InChI is InChI=1S/C12H21NOS/c1-4-13(10-12(2,3)14)8-7-11-6-5-9-15-11/h5-6,9,14H,4,7-8,10H2,1-3H3. The van der Waals surface area contributed by atoms with E-state index in [9.17, 15) is 5.11 Å². The van der Waals surface area contributed by atoms with E-state index in [0.717, 1.165) is 26.1 Å². The zero-order valence-corrected chi connectivity index (χ0v) is 10.7. The number of nitrogens with zero attached hydrogens (tertiary/aromatic N) is 1. The van der Waals surface area contributed by atoms with Gasteiger partial charge in [0.25, 0.3) is 0 Å². The first-order valence-corrected chi connectivity index (χ1v) is 6.36. The average Bonchev–Trinajstić information content (AvgIpc) is 2.62. The molecule has 0 saturated carbocycles. The Morgan fingerprint density at radius 1 is 1.47 bits per heavy atom. The van der Waals surface area contributed by atoms with E-state index in [1.165, 1.54) is 4.88 Å². The van der Waals surface area contributed by atoms with Crippen LogP contribution in [0.5, 0.6) is 0 Å². The zero-order chi connectivity index (χ0) is 11.3. The van der Waals surface area contributed by atoms with Crippen molar-refractivity contribution in [2.24, 2.45) is 0 Å². The predicted molar refractivity (Wildman–Crippen MR) is 66.4 cm³/mol. The number of likely N-dealkylation sites (N-methyl/N-ethyl adjacent to an activating group) is 1. The van der Waals surface area contributed by atoms with Crippen LogP contribution in [0.15, 0.2) is 17.5 Å². The van der Waals surface area contributed by atoms with Gasteiger partial charge in [-0.05, 0) is 38.3 Å². The first-order valence-electron chi connectivity index (χ1n) is 5.48. The summed E-state index contributed by atoms with van der Waals surface area (Å²) in [7, 11) is 0. The van der Waals surface area contributed by atoms with Gasteiger partial charge in [0.2, 0.25) is 0 Å². The number of rotatable bonds is 6. The Hall–Kier alpha value is -0.380. The Morgan fingerprint density at radius 2 is 2.20 bits per heavy atom. The monoisotopic (exact) mass is 227 g/mol. The van der Waals surface area contributed by atoms with Crippen LogP contribution in [0.4, 0.5) is 0 Å². The maximum absolute atomic E-state index is 9.74. The molecule has 0 aliphatic carbocycles. The Kier molecular flexibility index (Phi) is 4.77. The minimum absolute atomic E-state index is 0.592. The van der Waals surface area contributed by atoms with Crippen LogP contribution in [-0.4, -0.2) is 35.2 Å². The van der Waals surface area contributed by atoms with Crippen molar-refractivity contribution in [3.05, 3.63) is 22.4 Å². The molecule has 86 valence electrons. The van der Waals surface area contributed by atoms with Gasteiger partial charge in [-0.25, -0.2) is 0 Å². The molecule has 0 aromatic carbocycles. The van der Waals surface area contributed by atoms with Crippen molar-refractivity contribution in [2.45, 2.75) is 32.8 Å². The molecule has 0 bridgehead atoms. The summed E-state index contributed by atoms with van der Waals surface area (Å²) in [5, 5.41) is 11.9. The summed E-state index contributed by atoms with van der Waals surface area (Å²) >= 11 is 1.80. The second-order valence-corrected chi connectivity index (χ2v) is 5.54. The van der Waals surface area contributed by atoms with E-state index in [-0.39, 0.29) is 0 Å². The summed E-state index contributed by atoms with van der Waals surface area (Å²) in [5.41, 5.74) is -0.592. The van der Waals surface area contributed by atoms with Gasteiger partial charge in [0.05, 0.1) is 5.60 Å². The second-order valence-electron chi connectivity index (χ2n) is 4.51. The molecule has 3 heteroatoms. The van der Waals surface area contributed by atoms with Crippen molar-refractivity contribution in [3.63, 3.8) is 0 Å². The van der Waals surface area contributed by atoms with E-state index >= 15 is 0 Å². The molecule has 0 fully saturated rings. The summed E-state index contributed by atoms with van der Waals surface area (Å²) < 4.78 is 0. The van der Waals surface area contributed by atoms with E-state index in [1.54, 1.807) is 11.3 Å². The molecule has 2 nitrogen and oxygen atoms in total. The summed E-state index contributed by atoms with van der Waals surface area (Å²) in [6.45, 7) is 8.63. The van der Waals surface area contributed by atoms with E-state index < -0.39 is 5.60 Å². The number of aliphatic hydroxyl groups is 1. The van der Waals surface area contributed by atoms with Crippen molar-refractivity contribution in [3.8, 4) is 0 Å². The molecule has 0 aliphatic rings. The van der Waals surface area contributed by atoms with Gasteiger partial charge >= 0.3 is 0 Å². The molecular formula is C12H21NOS. The van der Waals surface area contributed by atoms with Crippen LogP contribution >= 0.6 is 11.3 Å². The van der Waals surface area contributed by atoms with Gasteiger partial charge in [-0.15, -0.1) is 11.3 Å². The lowest BCUT2D eigenvalue weighted by molar-refractivity contribution is 0.0383. The third-order valence-electron chi connectivity index (χ3n) is 2.31. The fourth-order valence-electron chi connectivity index (χ4n) is 1.62. The Bertz CT molecular complexity index is 264. The normalized spacial score (nSPS) is 12.3. The summed E-state index contributed by atoms with van der Waals surface area (Å²) in [6, 6.07) is 4.26. The van der Waals surface area contributed by atoms with Crippen LogP contribution in [0.2, 0.25) is 0 Å². The van der Waals surface area contributed by atoms with Gasteiger partial charge in [0.1, 0.15) is 0 Å². The smallest absolute Gasteiger partial charge is 0.0718 e. The lowest BCUT2D eigenvalue weighted by Gasteiger charge is -2.27. The van der Waals surface area contributed by atoms with Crippen LogP contribution in [-0.2, 0) is 6.42 Å². The highest BCUT2D eigenvalue weighted by Gasteiger charge is 2.16. The van der Waals surface area contributed by atoms with Crippen LogP contribution in [0.25, 0.3) is 0 Å². The molecule has 0 radical (unpaired) electrons. The van der Waals surface area contributed by atoms with Gasteiger partial charge in [-0.1, -0.05) is 13.0 Å². The highest BCUT2D eigenvalue weighted by atomic mass is 32.1. The first-order chi connectivity index (χ1) is 7.01. The zero-order valence-electron chi connectivity index (χ0n) is 9.86. The van der Waals surface area contributed by atoms with Crippen molar-refractivity contribution in [1.29, 1.82) is 0 Å². The van der Waals surface area contributed by atoms with Gasteiger partial charge in [0, 0.05) is 18.0 Å². The summed E-state index contributed by atoms with van der Waals surface area (Å²) in [6.07, 6.45) is 1.08. The lowest BCUT2D eigenvalue weighted by atomic mass is 10.1. The third-order valence-corrected chi connectivity index (χ3v) is 3.25. The van der Waals surface area contributed by atoms with E-state index in [0.29, 0.717) is 0 Å². The molecule has 0 spiro atoms. The maximum atomic E-state index is 9.74. The summed E-state index contributed by atoms with van der Waals surface area (Å²) in [5.74, 6) is 0. The molecule has 0 saturated heterocycles. The number of hydrogen-bond donors (Lipinski definition) is 1. The second kappa shape index (κ2) is 5.64. The lowest BCUT2D eigenvalue weighted by Crippen LogP contribution is -2.39. The quantitative estimate of drug-likeness (QED) is 0.806. The van der Waals surface area contributed by atoms with E-state index in [4.69, 9.17) is 0 Å². The SMILES string of the molecule is CCN(CCc1cccs1)CC(C)(C)O. The van der Waals surface area contributed by atoms with Crippen molar-refractivity contribution in [1.82, 2.24) is 4.90 Å². The molecule has 0 amide bonds. The van der Waals surface area contributed by atoms with Gasteiger partial charge < -0.3 is 10.0 Å². The van der Waals surface area contributed by atoms with Crippen LogP contribution in [0.1, 0.15) is 25.6 Å². The Morgan fingerprint density at radius 3 is 2.67 bits per heavy atom. The minimum Gasteiger partial charge on any atom is -0.389 e.